The molecule has 0 saturated heterocycles. The summed E-state index contributed by atoms with van der Waals surface area (Å²) in [7, 11) is 3.06. The van der Waals surface area contributed by atoms with E-state index in [1.165, 1.54) is 11.6 Å². The van der Waals surface area contributed by atoms with Gasteiger partial charge in [0, 0.05) is 25.7 Å². The Bertz CT molecular complexity index is 1110. The van der Waals surface area contributed by atoms with E-state index in [1.54, 1.807) is 30.0 Å². The number of hydrogen-bond donors (Lipinski definition) is 1. The van der Waals surface area contributed by atoms with Crippen LogP contribution >= 0.6 is 11.6 Å². The first-order chi connectivity index (χ1) is 12.9. The van der Waals surface area contributed by atoms with Crippen LogP contribution in [-0.4, -0.2) is 24.9 Å². The van der Waals surface area contributed by atoms with Gasteiger partial charge in [-0.3, -0.25) is 13.9 Å². The molecule has 3 aromatic rings. The lowest BCUT2D eigenvalue weighted by molar-refractivity contribution is 0.641. The first kappa shape index (κ1) is 18.9. The fraction of sp³-hybridized carbons (Fsp3) is 0.333. The van der Waals surface area contributed by atoms with Gasteiger partial charge in [0.2, 0.25) is 5.95 Å². The Balaban J connectivity index is 2.04. The van der Waals surface area contributed by atoms with Crippen molar-refractivity contribution in [2.75, 3.05) is 5.43 Å². The molecule has 0 fully saturated rings. The fourth-order valence-electron chi connectivity index (χ4n) is 2.78. The van der Waals surface area contributed by atoms with Gasteiger partial charge in [-0.25, -0.2) is 10.2 Å². The first-order valence-corrected chi connectivity index (χ1v) is 9.02. The van der Waals surface area contributed by atoms with Crippen molar-refractivity contribution in [2.24, 2.45) is 19.2 Å². The minimum absolute atomic E-state index is 0.336. The van der Waals surface area contributed by atoms with Crippen molar-refractivity contribution in [3.8, 4) is 0 Å². The van der Waals surface area contributed by atoms with E-state index in [-0.39, 0.29) is 5.56 Å². The molecule has 1 N–H and O–H groups in total. The maximum absolute atomic E-state index is 12.6. The third kappa shape index (κ3) is 3.66. The van der Waals surface area contributed by atoms with Gasteiger partial charge in [-0.2, -0.15) is 10.1 Å². The molecule has 2 heterocycles. The van der Waals surface area contributed by atoms with E-state index in [4.69, 9.17) is 11.6 Å². The summed E-state index contributed by atoms with van der Waals surface area (Å²) in [6, 6.07) is 7.23. The Morgan fingerprint density at radius 2 is 1.89 bits per heavy atom. The maximum Gasteiger partial charge on any atom is 0.332 e. The third-order valence-corrected chi connectivity index (χ3v) is 4.58. The van der Waals surface area contributed by atoms with Crippen LogP contribution in [0.4, 0.5) is 5.95 Å². The number of aromatic nitrogens is 4. The van der Waals surface area contributed by atoms with Crippen LogP contribution in [0.25, 0.3) is 11.2 Å². The van der Waals surface area contributed by atoms with E-state index in [1.807, 2.05) is 12.1 Å². The van der Waals surface area contributed by atoms with Gasteiger partial charge < -0.3 is 4.57 Å². The number of hydrogen-bond acceptors (Lipinski definition) is 5. The second-order valence-electron chi connectivity index (χ2n) is 6.24. The van der Waals surface area contributed by atoms with Gasteiger partial charge in [-0.1, -0.05) is 37.1 Å². The number of nitrogens with one attached hydrogen (secondary N) is 1. The number of fused-ring (bicyclic) bond motifs is 1. The van der Waals surface area contributed by atoms with Crippen LogP contribution in [-0.2, 0) is 20.6 Å². The molecule has 27 heavy (non-hydrogen) atoms. The molecule has 8 nitrogen and oxygen atoms in total. The molecule has 0 amide bonds. The molecule has 0 atom stereocenters. The molecule has 0 unspecified atom stereocenters. The number of rotatable bonds is 6. The Hall–Kier alpha value is -2.87. The van der Waals surface area contributed by atoms with Gasteiger partial charge in [0.1, 0.15) is 0 Å². The Morgan fingerprint density at radius 3 is 2.56 bits per heavy atom. The molecule has 0 aliphatic heterocycles. The molecule has 1 aromatic carbocycles. The van der Waals surface area contributed by atoms with Crippen LogP contribution < -0.4 is 16.7 Å². The largest absolute Gasteiger partial charge is 0.332 e. The van der Waals surface area contributed by atoms with Gasteiger partial charge >= 0.3 is 5.69 Å². The molecule has 9 heteroatoms. The lowest BCUT2D eigenvalue weighted by Crippen LogP contribution is -2.37. The average Bonchev–Trinajstić information content (AvgIpc) is 3.03. The van der Waals surface area contributed by atoms with Gasteiger partial charge in [0.25, 0.3) is 5.56 Å². The van der Waals surface area contributed by atoms with E-state index < -0.39 is 5.69 Å². The van der Waals surface area contributed by atoms with Crippen molar-refractivity contribution >= 4 is 34.9 Å². The number of nitrogens with zero attached hydrogens (tertiary/aromatic N) is 5. The summed E-state index contributed by atoms with van der Waals surface area (Å²) in [5, 5.41) is 4.86. The highest BCUT2D eigenvalue weighted by molar-refractivity contribution is 6.30. The van der Waals surface area contributed by atoms with E-state index in [0.717, 1.165) is 23.0 Å². The van der Waals surface area contributed by atoms with E-state index >= 15 is 0 Å². The Labute approximate surface area is 160 Å². The molecule has 0 aliphatic carbocycles. The average molecular weight is 389 g/mol. The predicted octanol–water partition coefficient (Wildman–Crippen LogP) is 2.33. The van der Waals surface area contributed by atoms with Crippen LogP contribution in [0, 0.1) is 0 Å². The van der Waals surface area contributed by atoms with E-state index in [9.17, 15) is 9.59 Å². The van der Waals surface area contributed by atoms with Crippen molar-refractivity contribution in [1.29, 1.82) is 0 Å². The molecule has 0 spiro atoms. The lowest BCUT2D eigenvalue weighted by Gasteiger charge is -2.08. The summed E-state index contributed by atoms with van der Waals surface area (Å²) in [6.07, 6.45) is 3.46. The van der Waals surface area contributed by atoms with Crippen LogP contribution in [0.15, 0.2) is 39.0 Å². The molecule has 0 radical (unpaired) electrons. The number of aryl methyl sites for hydroxylation is 2. The highest BCUT2D eigenvalue weighted by Crippen LogP contribution is 2.17. The second-order valence-corrected chi connectivity index (χ2v) is 6.68. The Kier molecular flexibility index (Phi) is 5.46. The highest BCUT2D eigenvalue weighted by atomic mass is 35.5. The molecule has 0 bridgehead atoms. The van der Waals surface area contributed by atoms with E-state index in [0.29, 0.717) is 28.7 Å². The van der Waals surface area contributed by atoms with Crippen molar-refractivity contribution in [2.45, 2.75) is 26.3 Å². The summed E-state index contributed by atoms with van der Waals surface area (Å²) in [4.78, 5) is 29.3. The second kappa shape index (κ2) is 7.79. The number of anilines is 1. The zero-order valence-electron chi connectivity index (χ0n) is 15.4. The molecule has 3 rings (SSSR count). The van der Waals surface area contributed by atoms with Crippen molar-refractivity contribution in [3.63, 3.8) is 0 Å². The third-order valence-electron chi connectivity index (χ3n) is 4.33. The summed E-state index contributed by atoms with van der Waals surface area (Å²) >= 11 is 5.88. The van der Waals surface area contributed by atoms with Crippen molar-refractivity contribution in [1.82, 2.24) is 18.7 Å². The van der Waals surface area contributed by atoms with E-state index in [2.05, 4.69) is 22.4 Å². The number of hydrazone groups is 1. The van der Waals surface area contributed by atoms with Crippen LogP contribution in [0.5, 0.6) is 0 Å². The number of unbranched alkanes of at least 4 members (excludes halogenated alkanes) is 1. The molecule has 0 saturated carbocycles. The van der Waals surface area contributed by atoms with Gasteiger partial charge in [0.15, 0.2) is 11.2 Å². The molecular formula is C18H21ClN6O2. The minimum atomic E-state index is -0.413. The predicted molar refractivity (Wildman–Crippen MR) is 108 cm³/mol. The quantitative estimate of drug-likeness (QED) is 0.518. The monoisotopic (exact) mass is 388 g/mol. The number of benzene rings is 1. The van der Waals surface area contributed by atoms with Crippen LogP contribution in [0.3, 0.4) is 0 Å². The summed E-state index contributed by atoms with van der Waals surface area (Å²) in [5.41, 5.74) is 3.70. The van der Waals surface area contributed by atoms with Gasteiger partial charge in [0.05, 0.1) is 6.21 Å². The number of imidazole rings is 1. The smallest absolute Gasteiger partial charge is 0.303 e. The van der Waals surface area contributed by atoms with Gasteiger partial charge in [-0.15, -0.1) is 0 Å². The Morgan fingerprint density at radius 1 is 1.19 bits per heavy atom. The molecule has 142 valence electrons. The van der Waals surface area contributed by atoms with Gasteiger partial charge in [-0.05, 0) is 24.1 Å². The van der Waals surface area contributed by atoms with Crippen LogP contribution in [0.2, 0.25) is 5.02 Å². The summed E-state index contributed by atoms with van der Waals surface area (Å²) < 4.78 is 4.24. The molecule has 2 aromatic heterocycles. The zero-order valence-corrected chi connectivity index (χ0v) is 16.2. The minimum Gasteiger partial charge on any atom is -0.303 e. The maximum atomic E-state index is 12.6. The lowest BCUT2D eigenvalue weighted by atomic mass is 10.2. The van der Waals surface area contributed by atoms with Crippen molar-refractivity contribution in [3.05, 3.63) is 55.7 Å². The van der Waals surface area contributed by atoms with Crippen LogP contribution in [0.1, 0.15) is 25.3 Å². The summed E-state index contributed by atoms with van der Waals surface area (Å²) in [5.74, 6) is 0.418. The normalized spacial score (nSPS) is 11.6. The summed E-state index contributed by atoms with van der Waals surface area (Å²) in [6.45, 7) is 2.66. The number of halogens is 1. The first-order valence-electron chi connectivity index (χ1n) is 8.65. The molecule has 0 aliphatic rings. The van der Waals surface area contributed by atoms with Crippen molar-refractivity contribution < 1.29 is 0 Å². The highest BCUT2D eigenvalue weighted by Gasteiger charge is 2.18. The molecular weight excluding hydrogens is 368 g/mol. The zero-order chi connectivity index (χ0) is 19.6. The topological polar surface area (TPSA) is 86.2 Å². The SMILES string of the molecule is CCCCn1c(N/N=C/c2ccc(Cl)cc2)nc2c1c(=O)n(C)c(=O)n2C. The standard InChI is InChI=1S/C18H21ClN6O2/c1-4-5-10-25-14-15(23(2)18(27)24(3)16(14)26)21-17(25)22-20-11-12-6-8-13(19)9-7-12/h6-9,11H,4-5,10H2,1-3H3,(H,21,22)/b20-11+. The fourth-order valence-corrected chi connectivity index (χ4v) is 2.91.